The third kappa shape index (κ3) is 15.1. The summed E-state index contributed by atoms with van der Waals surface area (Å²) in [5.74, 6) is -0.685. The molecule has 3 atom stereocenters. The predicted octanol–water partition coefficient (Wildman–Crippen LogP) is 7.02. The van der Waals surface area contributed by atoms with Gasteiger partial charge >= 0.3 is 0 Å². The molecule has 0 bridgehead atoms. The third-order valence-electron chi connectivity index (χ3n) is 13.6. The van der Waals surface area contributed by atoms with Crippen LogP contribution in [0.5, 0.6) is 5.75 Å². The van der Waals surface area contributed by atoms with Crippen LogP contribution in [0.15, 0.2) is 78.4 Å². The number of aliphatic hydroxyl groups is 1. The van der Waals surface area contributed by atoms with Crippen LogP contribution in [0.1, 0.15) is 80.4 Å². The quantitative estimate of drug-likeness (QED) is 0.0472. The molecule has 4 heterocycles. The second-order valence-electron chi connectivity index (χ2n) is 20.6. The van der Waals surface area contributed by atoms with E-state index in [9.17, 15) is 28.8 Å². The molecule has 396 valence electrons. The van der Waals surface area contributed by atoms with Crippen molar-refractivity contribution in [1.29, 1.82) is 0 Å². The van der Waals surface area contributed by atoms with Crippen LogP contribution in [0.2, 0.25) is 5.02 Å². The number of aryl methyl sites for hydroxylation is 1. The first-order chi connectivity index (χ1) is 35.3. The number of Topliss-reactive ketones (excluding diaryl/α,β-unsaturated/α-hetero) is 1. The molecule has 0 unspecified atom stereocenters. The Hall–Kier alpha value is -5.55. The van der Waals surface area contributed by atoms with Crippen molar-refractivity contribution in [3.63, 3.8) is 0 Å². The second-order valence-corrected chi connectivity index (χ2v) is 25.0. The number of carbonyl (C=O) groups is 4. The van der Waals surface area contributed by atoms with E-state index in [0.717, 1.165) is 69.7 Å². The molecule has 3 aromatic carbocycles. The van der Waals surface area contributed by atoms with E-state index in [0.29, 0.717) is 35.1 Å². The van der Waals surface area contributed by atoms with Gasteiger partial charge in [-0.1, -0.05) is 87.0 Å². The lowest BCUT2D eigenvalue weighted by atomic mass is 9.77. The Kier molecular flexibility index (Phi) is 19.2. The minimum Gasteiger partial charge on any atom is -0.496 e. The molecular weight excluding hydrogens is 1000 g/mol. The number of hydrogen-bond acceptors (Lipinski definition) is 14. The summed E-state index contributed by atoms with van der Waals surface area (Å²) < 4.78 is 30.0. The molecule has 2 saturated heterocycles. The zero-order valence-corrected chi connectivity index (χ0v) is 45.9. The number of ketones is 1. The zero-order chi connectivity index (χ0) is 53.2. The van der Waals surface area contributed by atoms with Gasteiger partial charge in [0.15, 0.2) is 5.78 Å². The van der Waals surface area contributed by atoms with Crippen LogP contribution >= 0.6 is 30.1 Å². The van der Waals surface area contributed by atoms with Crippen molar-refractivity contribution < 1.29 is 43.1 Å². The lowest BCUT2D eigenvalue weighted by Crippen LogP contribution is -2.50. The van der Waals surface area contributed by atoms with Crippen LogP contribution in [0.3, 0.4) is 0 Å². The number of nitrogens with zero attached hydrogens (tertiary/aromatic N) is 5. The van der Waals surface area contributed by atoms with Crippen LogP contribution in [-0.4, -0.2) is 133 Å². The van der Waals surface area contributed by atoms with E-state index in [1.54, 1.807) is 38.0 Å². The molecule has 16 nitrogen and oxygen atoms in total. The minimum atomic E-state index is -2.51. The number of nitrogens with one attached hydrogen (secondary N) is 2. The highest BCUT2D eigenvalue weighted by atomic mass is 35.5. The molecule has 5 aromatic rings. The van der Waals surface area contributed by atoms with Crippen LogP contribution in [0, 0.1) is 18.3 Å². The number of β-amino-alcohol motifs (C(OH)–C–C–N with tert-alkyl or cyclic N) is 1. The molecule has 0 spiro atoms. The molecule has 2 aliphatic heterocycles. The molecule has 19 heteroatoms. The summed E-state index contributed by atoms with van der Waals surface area (Å²) in [5.41, 5.74) is 7.61. The maximum absolute atomic E-state index is 14.1. The van der Waals surface area contributed by atoms with Gasteiger partial charge in [0.05, 0.1) is 53.2 Å². The van der Waals surface area contributed by atoms with Gasteiger partial charge in [-0.25, -0.2) is 15.0 Å². The lowest BCUT2D eigenvalue weighted by Gasteiger charge is -2.34. The van der Waals surface area contributed by atoms with Gasteiger partial charge < -0.3 is 44.3 Å². The third-order valence-corrected chi connectivity index (χ3v) is 16.5. The van der Waals surface area contributed by atoms with Gasteiger partial charge in [-0.15, -0.1) is 11.3 Å². The highest BCUT2D eigenvalue weighted by Gasteiger charge is 2.44. The Morgan fingerprint density at radius 3 is 2.34 bits per heavy atom. The Bertz CT molecular complexity index is 2810. The fourth-order valence-corrected chi connectivity index (χ4v) is 11.8. The topological polar surface area (TPSA) is 202 Å². The van der Waals surface area contributed by atoms with Crippen LogP contribution < -0.4 is 25.6 Å². The lowest BCUT2D eigenvalue weighted by molar-refractivity contribution is -0.147. The van der Waals surface area contributed by atoms with E-state index in [2.05, 4.69) is 31.6 Å². The summed E-state index contributed by atoms with van der Waals surface area (Å²) in [6.45, 7) is 12.6. The number of amides is 3. The zero-order valence-electron chi connectivity index (χ0n) is 43.4. The van der Waals surface area contributed by atoms with Crippen molar-refractivity contribution in [2.45, 2.75) is 91.0 Å². The predicted molar refractivity (Wildman–Crippen MR) is 289 cm³/mol. The van der Waals surface area contributed by atoms with E-state index < -0.39 is 30.6 Å². The molecule has 3 N–H and O–H groups in total. The monoisotopic (exact) mass is 1070 g/mol. The van der Waals surface area contributed by atoms with Gasteiger partial charge in [-0.2, -0.15) is 0 Å². The van der Waals surface area contributed by atoms with Crippen LogP contribution in [0.25, 0.3) is 10.4 Å². The van der Waals surface area contributed by atoms with Gasteiger partial charge in [0.1, 0.15) is 38.0 Å². The Labute approximate surface area is 443 Å². The number of halogens is 1. The number of piperidine rings is 1. The van der Waals surface area contributed by atoms with Gasteiger partial charge in [-0.3, -0.25) is 19.2 Å². The fraction of sp³-hybridized carbons (Fsp3) is 0.473. The molecular formula is C55H69ClN7O9PS. The number of thiazole rings is 1. The van der Waals surface area contributed by atoms with Gasteiger partial charge in [0, 0.05) is 92.6 Å². The van der Waals surface area contributed by atoms with E-state index in [-0.39, 0.29) is 81.9 Å². The molecule has 7 rings (SSSR count). The number of likely N-dealkylation sites (tertiary alicyclic amines) is 1. The maximum atomic E-state index is 14.1. The Balaban J connectivity index is 0.802. The number of aliphatic hydroxyl groups excluding tert-OH is 1. The highest BCUT2D eigenvalue weighted by Crippen LogP contribution is 2.37. The first-order valence-electron chi connectivity index (χ1n) is 25.0. The molecule has 2 aromatic heterocycles. The SMILES string of the molecule is COc1cc(N2CCC(NC(=O)COCCOCC(=O)C[C@H](C(=O)N3C[C@H](O)C[C@H]3C(=O)NCc3ccc(-c4scnc4C)cc3)C(C)(C)C)CC2)ccc1Cc1ncc(Cl)c(Cc2ccccc2P(C)(C)=O)n1. The summed E-state index contributed by atoms with van der Waals surface area (Å²) in [5, 5.41) is 17.9. The highest BCUT2D eigenvalue weighted by molar-refractivity contribution is 7.70. The standard InChI is InChI=1S/C55H69ClN7O9PS/c1-35-52(74-34-59-35)37-14-12-36(13-15-37)29-58-53(67)47-28-42(64)31-63(47)54(68)44(55(2,3)4)27-43(65)32-71-22-23-72-33-51(66)60-40-18-20-62(21-19-40)41-17-16-38(48(26-41)70-5)25-50-57-30-45(56)46(61-50)24-39-10-8-9-11-49(39)73(6,7)69/h8-17,26,30,34,40,42,44,47,64H,18-25,27-29,31-33H2,1-7H3,(H,58,67)(H,60,66)/t42-,44-,47+/m1/s1. The molecule has 0 saturated carbocycles. The van der Waals surface area contributed by atoms with Gasteiger partial charge in [0.2, 0.25) is 17.7 Å². The van der Waals surface area contributed by atoms with Gasteiger partial charge in [-0.05, 0) is 61.3 Å². The molecule has 0 aliphatic carbocycles. The molecule has 2 aliphatic rings. The Morgan fingerprint density at radius 1 is 0.946 bits per heavy atom. The smallest absolute Gasteiger partial charge is 0.246 e. The van der Waals surface area contributed by atoms with E-state index >= 15 is 0 Å². The second kappa shape index (κ2) is 25.3. The number of benzene rings is 3. The normalized spacial score (nSPS) is 16.8. The summed E-state index contributed by atoms with van der Waals surface area (Å²) in [6, 6.07) is 20.8. The van der Waals surface area contributed by atoms with Gasteiger partial charge in [0.25, 0.3) is 0 Å². The fourth-order valence-electron chi connectivity index (χ4n) is 9.50. The van der Waals surface area contributed by atoms with E-state index in [1.165, 1.54) is 4.90 Å². The largest absolute Gasteiger partial charge is 0.496 e. The summed E-state index contributed by atoms with van der Waals surface area (Å²) in [4.78, 5) is 72.0. The summed E-state index contributed by atoms with van der Waals surface area (Å²) >= 11 is 8.13. The summed E-state index contributed by atoms with van der Waals surface area (Å²) in [7, 11) is -0.866. The maximum Gasteiger partial charge on any atom is 0.246 e. The number of anilines is 1. The first-order valence-corrected chi connectivity index (χ1v) is 28.9. The number of ether oxygens (including phenoxy) is 3. The number of methoxy groups -OCH3 is 1. The van der Waals surface area contributed by atoms with Crippen molar-refractivity contribution in [3.05, 3.63) is 117 Å². The molecule has 0 radical (unpaired) electrons. The minimum absolute atomic E-state index is 0.000805. The number of hydrogen-bond donors (Lipinski definition) is 3. The van der Waals surface area contributed by atoms with Crippen molar-refractivity contribution in [1.82, 2.24) is 30.5 Å². The average Bonchev–Trinajstić information content (AvgIpc) is 3.99. The summed E-state index contributed by atoms with van der Waals surface area (Å²) in [6.07, 6.45) is 3.11. The average molecular weight is 1070 g/mol. The van der Waals surface area contributed by atoms with E-state index in [4.69, 9.17) is 30.8 Å². The molecule has 3 amide bonds. The van der Waals surface area contributed by atoms with Crippen molar-refractivity contribution >= 4 is 64.6 Å². The number of carbonyl (C=O) groups excluding carboxylic acids is 4. The van der Waals surface area contributed by atoms with Crippen molar-refractivity contribution in [2.75, 3.05) is 71.4 Å². The van der Waals surface area contributed by atoms with Crippen molar-refractivity contribution in [2.24, 2.45) is 11.3 Å². The Morgan fingerprint density at radius 2 is 1.66 bits per heavy atom. The molecule has 2 fully saturated rings. The van der Waals surface area contributed by atoms with Crippen LogP contribution in [-0.2, 0) is 52.6 Å². The number of aromatic nitrogens is 3. The first kappa shape index (κ1) is 56.2. The van der Waals surface area contributed by atoms with Crippen LogP contribution in [0.4, 0.5) is 5.69 Å². The molecule has 74 heavy (non-hydrogen) atoms. The number of rotatable bonds is 22. The van der Waals surface area contributed by atoms with E-state index in [1.807, 2.05) is 93.9 Å². The van der Waals surface area contributed by atoms with Crippen molar-refractivity contribution in [3.8, 4) is 16.2 Å².